The predicted molar refractivity (Wildman–Crippen MR) is 117 cm³/mol. The number of anilines is 1. The fourth-order valence-corrected chi connectivity index (χ4v) is 3.16. The Morgan fingerprint density at radius 3 is 2.79 bits per heavy atom. The molecule has 172 valence electrons. The van der Waals surface area contributed by atoms with Crippen molar-refractivity contribution in [2.45, 2.75) is 13.5 Å². The molecule has 4 aromatic rings. The third kappa shape index (κ3) is 4.09. The lowest BCUT2D eigenvalue weighted by Crippen LogP contribution is -2.22. The highest BCUT2D eigenvalue weighted by Gasteiger charge is 2.24. The minimum Gasteiger partial charge on any atom is -0.487 e. The zero-order chi connectivity index (χ0) is 23.5. The first-order valence-corrected chi connectivity index (χ1v) is 10.1. The lowest BCUT2D eigenvalue weighted by molar-refractivity contribution is 0.0947. The van der Waals surface area contributed by atoms with E-state index in [1.165, 1.54) is 4.68 Å². The minimum absolute atomic E-state index is 0.0190. The molecule has 0 spiro atoms. The molecule has 2 aromatic carbocycles. The molecule has 3 heterocycles. The molecule has 0 bridgehead atoms. The summed E-state index contributed by atoms with van der Waals surface area (Å²) in [7, 11) is 0. The predicted octanol–water partition coefficient (Wildman–Crippen LogP) is 1.69. The molecule has 5 rings (SSSR count). The van der Waals surface area contributed by atoms with Crippen molar-refractivity contribution >= 4 is 17.4 Å². The Hall–Kier alpha value is -4.94. The highest BCUT2D eigenvalue weighted by atomic mass is 16.7. The van der Waals surface area contributed by atoms with Crippen LogP contribution in [-0.2, 0) is 6.61 Å². The minimum atomic E-state index is -0.604. The third-order valence-corrected chi connectivity index (χ3v) is 4.91. The maximum absolute atomic E-state index is 12.9. The van der Waals surface area contributed by atoms with Gasteiger partial charge in [-0.1, -0.05) is 23.4 Å². The van der Waals surface area contributed by atoms with Crippen LogP contribution in [0.25, 0.3) is 5.82 Å². The fraction of sp³-hybridized carbons (Fsp3) is 0.143. The summed E-state index contributed by atoms with van der Waals surface area (Å²) in [5, 5.41) is 19.4. The van der Waals surface area contributed by atoms with Crippen LogP contribution in [0.4, 0.5) is 5.82 Å². The number of carbonyl (C=O) groups excluding carboxylic acids is 1. The highest BCUT2D eigenvalue weighted by Crippen LogP contribution is 2.32. The molecule has 1 aliphatic heterocycles. The number of nitrogens with one attached hydrogen (secondary N) is 1. The summed E-state index contributed by atoms with van der Waals surface area (Å²) >= 11 is 0. The highest BCUT2D eigenvalue weighted by molar-refractivity contribution is 6.01. The Morgan fingerprint density at radius 1 is 1.18 bits per heavy atom. The molecular weight excluding hydrogens is 444 g/mol. The van der Waals surface area contributed by atoms with Crippen LogP contribution in [0.3, 0.4) is 0 Å². The van der Waals surface area contributed by atoms with Crippen LogP contribution in [0.1, 0.15) is 28.7 Å². The largest absolute Gasteiger partial charge is 0.487 e. The Bertz CT molecular complexity index is 1360. The number of ether oxygens (including phenoxy) is 3. The Balaban J connectivity index is 1.39. The lowest BCUT2D eigenvalue weighted by atomic mass is 10.1. The number of rotatable bonds is 7. The van der Waals surface area contributed by atoms with Gasteiger partial charge >= 0.3 is 0 Å². The van der Waals surface area contributed by atoms with Gasteiger partial charge in [0.05, 0.1) is 5.71 Å². The summed E-state index contributed by atoms with van der Waals surface area (Å²) in [5.74, 6) is 1.31. The van der Waals surface area contributed by atoms with E-state index in [4.69, 9.17) is 19.9 Å². The second kappa shape index (κ2) is 8.90. The Labute approximate surface area is 192 Å². The molecule has 0 unspecified atom stereocenters. The number of nitrogen functional groups attached to an aromatic ring is 1. The van der Waals surface area contributed by atoms with Crippen LogP contribution >= 0.6 is 0 Å². The molecule has 1 amide bonds. The van der Waals surface area contributed by atoms with Crippen LogP contribution in [0.2, 0.25) is 0 Å². The molecule has 1 aliphatic rings. The van der Waals surface area contributed by atoms with Crippen molar-refractivity contribution in [3.8, 4) is 23.1 Å². The summed E-state index contributed by atoms with van der Waals surface area (Å²) in [6.45, 7) is 1.85. The van der Waals surface area contributed by atoms with E-state index in [9.17, 15) is 4.79 Å². The molecule has 0 saturated carbocycles. The Kier molecular flexibility index (Phi) is 5.48. The van der Waals surface area contributed by atoms with Crippen molar-refractivity contribution in [2.24, 2.45) is 5.10 Å². The number of hydrazone groups is 1. The number of para-hydroxylation sites is 1. The first-order valence-electron chi connectivity index (χ1n) is 10.1. The molecule has 13 nitrogen and oxygen atoms in total. The first-order chi connectivity index (χ1) is 16.6. The molecule has 34 heavy (non-hydrogen) atoms. The topological polar surface area (TPSA) is 165 Å². The standard InChI is InChI=1S/C21H18N8O5/c1-12(13-7-8-16-17(9-13)33-11-32-16)23-25-21(30)18-15(10-31-14-5-3-2-4-6-14)29(28-24-18)20-19(22)26-34-27-20/h2-9H,10-11H2,1H3,(H2,22,26)(H,25,30)/b23-12+. The number of aromatic nitrogens is 5. The van der Waals surface area contributed by atoms with Crippen molar-refractivity contribution in [2.75, 3.05) is 12.5 Å². The zero-order valence-electron chi connectivity index (χ0n) is 17.8. The summed E-state index contributed by atoms with van der Waals surface area (Å²) in [6.07, 6.45) is 0. The average molecular weight is 462 g/mol. The maximum Gasteiger partial charge on any atom is 0.293 e. The summed E-state index contributed by atoms with van der Waals surface area (Å²) in [5.41, 5.74) is 9.84. The van der Waals surface area contributed by atoms with Gasteiger partial charge in [-0.15, -0.1) is 5.10 Å². The van der Waals surface area contributed by atoms with Crippen molar-refractivity contribution in [3.05, 3.63) is 65.5 Å². The molecule has 0 atom stereocenters. The molecule has 3 N–H and O–H groups in total. The van der Waals surface area contributed by atoms with Gasteiger partial charge in [-0.25, -0.2) is 10.1 Å². The number of fused-ring (bicyclic) bond motifs is 1. The van der Waals surface area contributed by atoms with E-state index in [0.29, 0.717) is 23.0 Å². The van der Waals surface area contributed by atoms with Gasteiger partial charge in [-0.2, -0.15) is 9.78 Å². The van der Waals surface area contributed by atoms with Gasteiger partial charge in [-0.3, -0.25) is 4.79 Å². The van der Waals surface area contributed by atoms with Crippen molar-refractivity contribution in [3.63, 3.8) is 0 Å². The van der Waals surface area contributed by atoms with E-state index in [-0.39, 0.29) is 36.4 Å². The number of nitrogens with zero attached hydrogens (tertiary/aromatic N) is 6. The molecule has 0 aliphatic carbocycles. The van der Waals surface area contributed by atoms with Crippen molar-refractivity contribution < 1.29 is 23.6 Å². The van der Waals surface area contributed by atoms with Gasteiger partial charge in [0.25, 0.3) is 5.91 Å². The molecule has 0 radical (unpaired) electrons. The van der Waals surface area contributed by atoms with E-state index < -0.39 is 5.91 Å². The van der Waals surface area contributed by atoms with Gasteiger partial charge in [0, 0.05) is 5.56 Å². The number of benzene rings is 2. The van der Waals surface area contributed by atoms with Gasteiger partial charge in [0.15, 0.2) is 17.2 Å². The zero-order valence-corrected chi connectivity index (χ0v) is 17.8. The van der Waals surface area contributed by atoms with E-state index in [1.807, 2.05) is 24.3 Å². The molecule has 13 heteroatoms. The monoisotopic (exact) mass is 462 g/mol. The quantitative estimate of drug-likeness (QED) is 0.305. The van der Waals surface area contributed by atoms with E-state index in [2.05, 4.69) is 35.8 Å². The smallest absolute Gasteiger partial charge is 0.293 e. The van der Waals surface area contributed by atoms with Crippen LogP contribution in [-0.4, -0.2) is 43.7 Å². The number of hydrogen-bond acceptors (Lipinski definition) is 11. The van der Waals surface area contributed by atoms with Gasteiger partial charge in [0.1, 0.15) is 18.1 Å². The molecular formula is C21H18N8O5. The lowest BCUT2D eigenvalue weighted by Gasteiger charge is -2.08. The van der Waals surface area contributed by atoms with Crippen LogP contribution in [0.15, 0.2) is 58.3 Å². The summed E-state index contributed by atoms with van der Waals surface area (Å²) < 4.78 is 22.4. The van der Waals surface area contributed by atoms with Gasteiger partial charge in [-0.05, 0) is 47.6 Å². The third-order valence-electron chi connectivity index (χ3n) is 4.91. The van der Waals surface area contributed by atoms with Crippen LogP contribution in [0.5, 0.6) is 17.2 Å². The first kappa shape index (κ1) is 20.9. The van der Waals surface area contributed by atoms with Gasteiger partial charge in [0.2, 0.25) is 18.4 Å². The SMILES string of the molecule is C/C(=N\NC(=O)c1nnn(-c2nonc2N)c1COc1ccccc1)c1ccc2c(c1)OCO2. The number of amides is 1. The number of nitrogens with two attached hydrogens (primary N) is 1. The van der Waals surface area contributed by atoms with E-state index in [1.54, 1.807) is 31.2 Å². The molecule has 2 aromatic heterocycles. The fourth-order valence-electron chi connectivity index (χ4n) is 3.16. The second-order valence-corrected chi connectivity index (χ2v) is 7.08. The summed E-state index contributed by atoms with van der Waals surface area (Å²) in [6, 6.07) is 14.4. The van der Waals surface area contributed by atoms with E-state index in [0.717, 1.165) is 5.56 Å². The van der Waals surface area contributed by atoms with Gasteiger partial charge < -0.3 is 19.9 Å². The molecule has 0 saturated heterocycles. The van der Waals surface area contributed by atoms with Crippen LogP contribution in [0, 0.1) is 0 Å². The number of hydrogen-bond donors (Lipinski definition) is 2. The van der Waals surface area contributed by atoms with Crippen molar-refractivity contribution in [1.29, 1.82) is 0 Å². The normalized spacial score (nSPS) is 12.6. The second-order valence-electron chi connectivity index (χ2n) is 7.08. The Morgan fingerprint density at radius 2 is 2.00 bits per heavy atom. The maximum atomic E-state index is 12.9. The van der Waals surface area contributed by atoms with Crippen molar-refractivity contribution in [1.82, 2.24) is 30.7 Å². The van der Waals surface area contributed by atoms with E-state index >= 15 is 0 Å². The summed E-state index contributed by atoms with van der Waals surface area (Å²) in [4.78, 5) is 12.9. The average Bonchev–Trinajstić information content (AvgIpc) is 3.60. The number of carbonyl (C=O) groups is 1. The van der Waals surface area contributed by atoms with Crippen LogP contribution < -0.4 is 25.4 Å². The molecule has 0 fully saturated rings.